The fourth-order valence-corrected chi connectivity index (χ4v) is 2.25. The first-order valence-electron chi connectivity index (χ1n) is 7.00. The van der Waals surface area contributed by atoms with Crippen LogP contribution >= 0.6 is 0 Å². The van der Waals surface area contributed by atoms with Crippen LogP contribution in [0.4, 0.5) is 0 Å². The van der Waals surface area contributed by atoms with E-state index in [0.717, 1.165) is 17.7 Å². The SMILES string of the molecule is O=c1ccc(-c2ccccc2)nn1CCc1ccccc1. The lowest BCUT2D eigenvalue weighted by Crippen LogP contribution is -2.23. The molecule has 0 aliphatic heterocycles. The summed E-state index contributed by atoms with van der Waals surface area (Å²) in [6.45, 7) is 0.587. The zero-order chi connectivity index (χ0) is 14.5. The van der Waals surface area contributed by atoms with E-state index in [1.54, 1.807) is 12.1 Å². The Balaban J connectivity index is 1.84. The minimum absolute atomic E-state index is 0.0642. The van der Waals surface area contributed by atoms with Crippen molar-refractivity contribution in [3.05, 3.63) is 88.7 Å². The van der Waals surface area contributed by atoms with Crippen LogP contribution in [0.3, 0.4) is 0 Å². The smallest absolute Gasteiger partial charge is 0.266 e. The molecule has 0 saturated heterocycles. The van der Waals surface area contributed by atoms with Crippen molar-refractivity contribution in [3.8, 4) is 11.3 Å². The van der Waals surface area contributed by atoms with Crippen LogP contribution in [0.1, 0.15) is 5.56 Å². The van der Waals surface area contributed by atoms with E-state index in [2.05, 4.69) is 17.2 Å². The van der Waals surface area contributed by atoms with Crippen molar-refractivity contribution in [3.63, 3.8) is 0 Å². The van der Waals surface area contributed by atoms with Gasteiger partial charge in [-0.25, -0.2) is 4.68 Å². The first kappa shape index (κ1) is 13.3. The summed E-state index contributed by atoms with van der Waals surface area (Å²) in [5.74, 6) is 0. The predicted molar refractivity (Wildman–Crippen MR) is 84.1 cm³/mol. The van der Waals surface area contributed by atoms with Gasteiger partial charge in [-0.15, -0.1) is 0 Å². The van der Waals surface area contributed by atoms with Gasteiger partial charge < -0.3 is 0 Å². The number of hydrogen-bond donors (Lipinski definition) is 0. The van der Waals surface area contributed by atoms with Gasteiger partial charge in [0.1, 0.15) is 0 Å². The molecule has 1 heterocycles. The van der Waals surface area contributed by atoms with Crippen molar-refractivity contribution in [2.24, 2.45) is 0 Å². The largest absolute Gasteiger partial charge is 0.268 e. The molecule has 0 atom stereocenters. The minimum Gasteiger partial charge on any atom is -0.268 e. The summed E-state index contributed by atoms with van der Waals surface area (Å²) in [6, 6.07) is 23.4. The van der Waals surface area contributed by atoms with Crippen LogP contribution in [0.2, 0.25) is 0 Å². The highest BCUT2D eigenvalue weighted by atomic mass is 16.1. The Bertz CT molecular complexity index is 764. The first-order chi connectivity index (χ1) is 10.3. The highest BCUT2D eigenvalue weighted by Crippen LogP contribution is 2.14. The van der Waals surface area contributed by atoms with Crippen molar-refractivity contribution in [2.45, 2.75) is 13.0 Å². The standard InChI is InChI=1S/C18H16N2O/c21-18-12-11-17(16-9-5-2-6-10-16)19-20(18)14-13-15-7-3-1-4-8-15/h1-12H,13-14H2. The molecular formula is C18H16N2O. The fourth-order valence-electron chi connectivity index (χ4n) is 2.25. The second kappa shape index (κ2) is 6.18. The molecule has 3 aromatic rings. The topological polar surface area (TPSA) is 34.9 Å². The van der Waals surface area contributed by atoms with E-state index in [0.29, 0.717) is 6.54 Å². The highest BCUT2D eigenvalue weighted by Gasteiger charge is 2.03. The molecule has 0 bridgehead atoms. The Morgan fingerprint density at radius 2 is 1.48 bits per heavy atom. The predicted octanol–water partition coefficient (Wildman–Crippen LogP) is 3.15. The molecule has 0 radical (unpaired) electrons. The van der Waals surface area contributed by atoms with E-state index < -0.39 is 0 Å². The van der Waals surface area contributed by atoms with E-state index in [1.165, 1.54) is 10.2 Å². The van der Waals surface area contributed by atoms with E-state index in [9.17, 15) is 4.79 Å². The Morgan fingerprint density at radius 1 is 0.810 bits per heavy atom. The molecule has 3 heteroatoms. The number of benzene rings is 2. The van der Waals surface area contributed by atoms with Gasteiger partial charge in [0.25, 0.3) is 5.56 Å². The second-order valence-electron chi connectivity index (χ2n) is 4.88. The number of aromatic nitrogens is 2. The van der Waals surface area contributed by atoms with Gasteiger partial charge in [0.05, 0.1) is 5.69 Å². The van der Waals surface area contributed by atoms with Gasteiger partial charge in [-0.2, -0.15) is 5.10 Å². The monoisotopic (exact) mass is 276 g/mol. The van der Waals surface area contributed by atoms with Crippen molar-refractivity contribution in [2.75, 3.05) is 0 Å². The molecule has 0 spiro atoms. The summed E-state index contributed by atoms with van der Waals surface area (Å²) in [5.41, 5.74) is 2.98. The lowest BCUT2D eigenvalue weighted by atomic mass is 10.1. The van der Waals surface area contributed by atoms with Crippen molar-refractivity contribution in [1.29, 1.82) is 0 Å². The quantitative estimate of drug-likeness (QED) is 0.733. The van der Waals surface area contributed by atoms with Crippen LogP contribution in [0.15, 0.2) is 77.6 Å². The van der Waals surface area contributed by atoms with E-state index in [-0.39, 0.29) is 5.56 Å². The Kier molecular flexibility index (Phi) is 3.92. The molecule has 104 valence electrons. The summed E-state index contributed by atoms with van der Waals surface area (Å²) < 4.78 is 1.54. The normalized spacial score (nSPS) is 10.5. The summed E-state index contributed by atoms with van der Waals surface area (Å²) in [7, 11) is 0. The number of rotatable bonds is 4. The minimum atomic E-state index is -0.0642. The molecule has 21 heavy (non-hydrogen) atoms. The maximum atomic E-state index is 11.9. The third-order valence-corrected chi connectivity index (χ3v) is 3.39. The third-order valence-electron chi connectivity index (χ3n) is 3.39. The summed E-state index contributed by atoms with van der Waals surface area (Å²) in [4.78, 5) is 11.9. The average Bonchev–Trinajstić information content (AvgIpc) is 2.56. The van der Waals surface area contributed by atoms with Crippen LogP contribution in [0, 0.1) is 0 Å². The lowest BCUT2D eigenvalue weighted by Gasteiger charge is -2.07. The molecule has 0 N–H and O–H groups in total. The van der Waals surface area contributed by atoms with Crippen LogP contribution in [0.5, 0.6) is 0 Å². The molecule has 1 aromatic heterocycles. The zero-order valence-corrected chi connectivity index (χ0v) is 11.6. The molecule has 0 unspecified atom stereocenters. The molecule has 0 amide bonds. The van der Waals surface area contributed by atoms with Gasteiger partial charge in [0, 0.05) is 18.2 Å². The summed E-state index contributed by atoms with van der Waals surface area (Å²) >= 11 is 0. The van der Waals surface area contributed by atoms with Gasteiger partial charge >= 0.3 is 0 Å². The Hall–Kier alpha value is -2.68. The first-order valence-corrected chi connectivity index (χ1v) is 7.00. The molecule has 3 nitrogen and oxygen atoms in total. The van der Waals surface area contributed by atoms with Gasteiger partial charge in [-0.3, -0.25) is 4.79 Å². The zero-order valence-electron chi connectivity index (χ0n) is 11.6. The molecule has 0 aliphatic carbocycles. The van der Waals surface area contributed by atoms with Crippen LogP contribution < -0.4 is 5.56 Å². The van der Waals surface area contributed by atoms with Crippen LogP contribution in [-0.2, 0) is 13.0 Å². The van der Waals surface area contributed by atoms with E-state index in [4.69, 9.17) is 0 Å². The molecule has 0 fully saturated rings. The fraction of sp³-hybridized carbons (Fsp3) is 0.111. The molecule has 0 aliphatic rings. The summed E-state index contributed by atoms with van der Waals surface area (Å²) in [6.07, 6.45) is 0.798. The highest BCUT2D eigenvalue weighted by molar-refractivity contribution is 5.57. The lowest BCUT2D eigenvalue weighted by molar-refractivity contribution is 0.581. The molecular weight excluding hydrogens is 260 g/mol. The number of nitrogens with zero attached hydrogens (tertiary/aromatic N) is 2. The van der Waals surface area contributed by atoms with Crippen molar-refractivity contribution >= 4 is 0 Å². The molecule has 0 saturated carbocycles. The summed E-state index contributed by atoms with van der Waals surface area (Å²) in [5, 5.41) is 4.46. The molecule has 2 aromatic carbocycles. The second-order valence-corrected chi connectivity index (χ2v) is 4.88. The average molecular weight is 276 g/mol. The number of hydrogen-bond acceptors (Lipinski definition) is 2. The Morgan fingerprint density at radius 3 is 2.19 bits per heavy atom. The molecule has 3 rings (SSSR count). The van der Waals surface area contributed by atoms with E-state index in [1.807, 2.05) is 48.5 Å². The van der Waals surface area contributed by atoms with Gasteiger partial charge in [-0.1, -0.05) is 60.7 Å². The third kappa shape index (κ3) is 3.26. The van der Waals surface area contributed by atoms with Crippen molar-refractivity contribution in [1.82, 2.24) is 9.78 Å². The number of aryl methyl sites for hydroxylation is 2. The van der Waals surface area contributed by atoms with Gasteiger partial charge in [0.2, 0.25) is 0 Å². The maximum absolute atomic E-state index is 11.9. The Labute approximate surface area is 123 Å². The maximum Gasteiger partial charge on any atom is 0.266 e. The van der Waals surface area contributed by atoms with Crippen molar-refractivity contribution < 1.29 is 0 Å². The van der Waals surface area contributed by atoms with E-state index >= 15 is 0 Å². The van der Waals surface area contributed by atoms with Gasteiger partial charge in [-0.05, 0) is 18.1 Å². The van der Waals surface area contributed by atoms with Gasteiger partial charge in [0.15, 0.2) is 0 Å². The van der Waals surface area contributed by atoms with Crippen LogP contribution in [-0.4, -0.2) is 9.78 Å². The van der Waals surface area contributed by atoms with Crippen LogP contribution in [0.25, 0.3) is 11.3 Å².